The van der Waals surface area contributed by atoms with Crippen LogP contribution < -0.4 is 0 Å². The van der Waals surface area contributed by atoms with E-state index in [1.807, 2.05) is 4.68 Å². The lowest BCUT2D eigenvalue weighted by atomic mass is 10.3. The van der Waals surface area contributed by atoms with Crippen molar-refractivity contribution in [3.63, 3.8) is 0 Å². The van der Waals surface area contributed by atoms with Gasteiger partial charge in [0.15, 0.2) is 0 Å². The summed E-state index contributed by atoms with van der Waals surface area (Å²) >= 11 is 10.6. The molecule has 0 atom stereocenters. The summed E-state index contributed by atoms with van der Waals surface area (Å²) in [6.07, 6.45) is 6.35. The number of hydrogen-bond donors (Lipinski definition) is 0. The molecule has 2 aromatic rings. The molecular formula is C10H10BrClN6S. The monoisotopic (exact) mass is 360 g/mol. The van der Waals surface area contributed by atoms with Crippen molar-refractivity contribution in [2.45, 2.75) is 41.9 Å². The van der Waals surface area contributed by atoms with Crippen LogP contribution in [0, 0.1) is 0 Å². The van der Waals surface area contributed by atoms with Crippen LogP contribution in [0.3, 0.4) is 0 Å². The van der Waals surface area contributed by atoms with Crippen molar-refractivity contribution in [3.05, 3.63) is 16.0 Å². The highest BCUT2D eigenvalue weighted by atomic mass is 79.9. The third-order valence-corrected chi connectivity index (χ3v) is 4.98. The van der Waals surface area contributed by atoms with Crippen LogP contribution >= 0.6 is 39.3 Å². The lowest BCUT2D eigenvalue weighted by Crippen LogP contribution is -2.08. The highest BCUT2D eigenvalue weighted by Gasteiger charge is 2.22. The Kier molecular flexibility index (Phi) is 3.99. The molecule has 2 heterocycles. The fraction of sp³-hybridized carbons (Fsp3) is 0.500. The van der Waals surface area contributed by atoms with Crippen LogP contribution in [0.4, 0.5) is 0 Å². The first kappa shape index (κ1) is 13.3. The Hall–Kier alpha value is -0.730. The van der Waals surface area contributed by atoms with Gasteiger partial charge in [-0.15, -0.1) is 5.10 Å². The van der Waals surface area contributed by atoms with Crippen LogP contribution in [-0.4, -0.2) is 30.2 Å². The number of nitrogens with zero attached hydrogens (tertiary/aromatic N) is 6. The normalized spacial score (nSPS) is 16.1. The van der Waals surface area contributed by atoms with Crippen molar-refractivity contribution in [2.24, 2.45) is 0 Å². The molecule has 1 aliphatic rings. The Bertz CT molecular complexity index is 585. The summed E-state index contributed by atoms with van der Waals surface area (Å²) in [4.78, 5) is 8.08. The summed E-state index contributed by atoms with van der Waals surface area (Å²) < 4.78 is 2.67. The summed E-state index contributed by atoms with van der Waals surface area (Å²) in [5.74, 6) is 0. The zero-order valence-corrected chi connectivity index (χ0v) is 13.0. The minimum atomic E-state index is 0.214. The molecule has 0 N–H and O–H groups in total. The van der Waals surface area contributed by atoms with Crippen molar-refractivity contribution in [3.8, 4) is 0 Å². The van der Waals surface area contributed by atoms with Gasteiger partial charge in [-0.05, 0) is 62.6 Å². The third kappa shape index (κ3) is 2.90. The maximum absolute atomic E-state index is 5.81. The molecule has 6 nitrogen and oxygen atoms in total. The van der Waals surface area contributed by atoms with E-state index in [9.17, 15) is 0 Å². The summed E-state index contributed by atoms with van der Waals surface area (Å²) in [5.41, 5.74) is 0. The molecule has 2 aromatic heterocycles. The van der Waals surface area contributed by atoms with Gasteiger partial charge < -0.3 is 0 Å². The second-order valence-corrected chi connectivity index (χ2v) is 6.39. The number of tetrazole rings is 1. The number of halogens is 2. The average molecular weight is 362 g/mol. The van der Waals surface area contributed by atoms with E-state index in [2.05, 4.69) is 41.4 Å². The second kappa shape index (κ2) is 5.72. The first-order valence-corrected chi connectivity index (χ1v) is 7.86. The molecule has 0 amide bonds. The van der Waals surface area contributed by atoms with Crippen molar-refractivity contribution < 1.29 is 0 Å². The molecule has 0 unspecified atom stereocenters. The minimum Gasteiger partial charge on any atom is -0.225 e. The van der Waals surface area contributed by atoms with Gasteiger partial charge >= 0.3 is 0 Å². The van der Waals surface area contributed by atoms with E-state index in [1.165, 1.54) is 24.6 Å². The van der Waals surface area contributed by atoms with E-state index in [4.69, 9.17) is 11.6 Å². The highest BCUT2D eigenvalue weighted by molar-refractivity contribution is 9.10. The molecule has 1 aliphatic carbocycles. The quantitative estimate of drug-likeness (QED) is 0.618. The van der Waals surface area contributed by atoms with E-state index in [0.717, 1.165) is 22.5 Å². The Morgan fingerprint density at radius 1 is 1.37 bits per heavy atom. The largest absolute Gasteiger partial charge is 0.225 e. The fourth-order valence-electron chi connectivity index (χ4n) is 2.12. The zero-order chi connectivity index (χ0) is 13.2. The van der Waals surface area contributed by atoms with Crippen molar-refractivity contribution in [1.29, 1.82) is 0 Å². The molecule has 100 valence electrons. The van der Waals surface area contributed by atoms with Crippen LogP contribution in [0.15, 0.2) is 20.9 Å². The molecule has 0 bridgehead atoms. The molecule has 3 rings (SSSR count). The fourth-order valence-corrected chi connectivity index (χ4v) is 3.55. The Balaban J connectivity index is 1.87. The number of hydrogen-bond acceptors (Lipinski definition) is 6. The highest BCUT2D eigenvalue weighted by Crippen LogP contribution is 2.35. The van der Waals surface area contributed by atoms with Crippen molar-refractivity contribution in [1.82, 2.24) is 30.2 Å². The first-order chi connectivity index (χ1) is 9.24. The maximum atomic E-state index is 5.81. The smallest absolute Gasteiger partial charge is 0.223 e. The third-order valence-electron chi connectivity index (χ3n) is 3.00. The summed E-state index contributed by atoms with van der Waals surface area (Å²) in [6.45, 7) is 0. The van der Waals surface area contributed by atoms with Gasteiger partial charge in [0.1, 0.15) is 5.03 Å². The van der Waals surface area contributed by atoms with Crippen LogP contribution in [0.1, 0.15) is 31.7 Å². The molecular weight excluding hydrogens is 352 g/mol. The number of rotatable bonds is 3. The first-order valence-electron chi connectivity index (χ1n) is 5.88. The number of aromatic nitrogens is 6. The average Bonchev–Trinajstić information content (AvgIpc) is 3.03. The molecule has 0 saturated heterocycles. The standard InChI is InChI=1S/C10H10BrClN6S/c11-7-5-13-9(12)14-8(7)19-10-15-16-17-18(10)6-3-1-2-4-6/h5-6H,1-4H2. The lowest BCUT2D eigenvalue weighted by molar-refractivity contribution is 0.423. The Labute approximate surface area is 127 Å². The Morgan fingerprint density at radius 2 is 2.16 bits per heavy atom. The van der Waals surface area contributed by atoms with E-state index < -0.39 is 0 Å². The van der Waals surface area contributed by atoms with E-state index >= 15 is 0 Å². The lowest BCUT2D eigenvalue weighted by Gasteiger charge is -2.10. The molecule has 0 radical (unpaired) electrons. The minimum absolute atomic E-state index is 0.214. The van der Waals surface area contributed by atoms with Gasteiger partial charge in [0.2, 0.25) is 10.4 Å². The van der Waals surface area contributed by atoms with Gasteiger partial charge in [0.05, 0.1) is 10.5 Å². The topological polar surface area (TPSA) is 69.4 Å². The SMILES string of the molecule is Clc1ncc(Br)c(Sc2nnnn2C2CCCC2)n1. The van der Waals surface area contributed by atoms with Gasteiger partial charge in [0, 0.05) is 6.20 Å². The summed E-state index contributed by atoms with van der Waals surface area (Å²) in [5, 5.41) is 13.6. The van der Waals surface area contributed by atoms with E-state index in [1.54, 1.807) is 6.20 Å². The van der Waals surface area contributed by atoms with Crippen LogP contribution in [-0.2, 0) is 0 Å². The van der Waals surface area contributed by atoms with Gasteiger partial charge in [-0.25, -0.2) is 14.6 Å². The van der Waals surface area contributed by atoms with Crippen LogP contribution in [0.5, 0.6) is 0 Å². The molecule has 1 saturated carbocycles. The summed E-state index contributed by atoms with van der Waals surface area (Å²) in [7, 11) is 0. The predicted molar refractivity (Wildman–Crippen MR) is 74.2 cm³/mol. The van der Waals surface area contributed by atoms with Crippen molar-refractivity contribution in [2.75, 3.05) is 0 Å². The second-order valence-electron chi connectivity index (χ2n) is 4.24. The zero-order valence-electron chi connectivity index (χ0n) is 9.83. The van der Waals surface area contributed by atoms with Gasteiger partial charge in [-0.2, -0.15) is 0 Å². The molecule has 0 spiro atoms. The van der Waals surface area contributed by atoms with Gasteiger partial charge in [0.25, 0.3) is 0 Å². The van der Waals surface area contributed by atoms with Gasteiger partial charge in [-0.1, -0.05) is 12.8 Å². The van der Waals surface area contributed by atoms with Crippen LogP contribution in [0.2, 0.25) is 5.28 Å². The Morgan fingerprint density at radius 3 is 2.95 bits per heavy atom. The summed E-state index contributed by atoms with van der Waals surface area (Å²) in [6, 6.07) is 0.397. The maximum Gasteiger partial charge on any atom is 0.223 e. The molecule has 19 heavy (non-hydrogen) atoms. The predicted octanol–water partition coefficient (Wildman–Crippen LogP) is 3.15. The van der Waals surface area contributed by atoms with Gasteiger partial charge in [-0.3, -0.25) is 0 Å². The molecule has 0 aliphatic heterocycles. The van der Waals surface area contributed by atoms with Crippen LogP contribution in [0.25, 0.3) is 0 Å². The molecule has 0 aromatic carbocycles. The molecule has 1 fully saturated rings. The van der Waals surface area contributed by atoms with E-state index in [0.29, 0.717) is 11.1 Å². The van der Waals surface area contributed by atoms with E-state index in [-0.39, 0.29) is 5.28 Å². The van der Waals surface area contributed by atoms with Crippen molar-refractivity contribution >= 4 is 39.3 Å². The molecule has 9 heteroatoms.